The van der Waals surface area contributed by atoms with Crippen LogP contribution in [0.3, 0.4) is 0 Å². The van der Waals surface area contributed by atoms with E-state index in [1.165, 1.54) is 0 Å². The minimum atomic E-state index is -0.207. The van der Waals surface area contributed by atoms with Crippen molar-refractivity contribution in [3.05, 3.63) is 46.5 Å². The molecular weight excluding hydrogens is 476 g/mol. The molecule has 0 saturated heterocycles. The highest BCUT2D eigenvalue weighted by molar-refractivity contribution is 5.86. The van der Waals surface area contributed by atoms with Crippen LogP contribution in [0.15, 0.2) is 34.3 Å². The number of benzene rings is 2. The van der Waals surface area contributed by atoms with E-state index in [2.05, 4.69) is 41.5 Å². The standard InChI is InChI=1S/C32H44N2O4/c1-31(2,3)25-15-23(37-7)11-21(29(25)35)17-33-27-13-20-10-9-19(27)14-28(20)34-18-22-12-24(38-8)16-26(30(22)36)32(4,5)6/h11-12,15-20,27-28,35-36H,9-10,13-14H2,1-8H3/t19-,20-,27-,28-/m1/s1. The summed E-state index contributed by atoms with van der Waals surface area (Å²) in [6, 6.07) is 7.97. The summed E-state index contributed by atoms with van der Waals surface area (Å²) in [4.78, 5) is 9.95. The molecule has 0 amide bonds. The van der Waals surface area contributed by atoms with Crippen LogP contribution in [-0.2, 0) is 10.8 Å². The average molecular weight is 521 g/mol. The second-order valence-corrected chi connectivity index (χ2v) is 13.0. The van der Waals surface area contributed by atoms with Gasteiger partial charge in [-0.1, -0.05) is 41.5 Å². The number of hydrogen-bond donors (Lipinski definition) is 2. The number of aromatic hydroxyl groups is 2. The molecule has 5 rings (SSSR count). The number of phenols is 2. The maximum Gasteiger partial charge on any atom is 0.128 e. The Morgan fingerprint density at radius 3 is 1.34 bits per heavy atom. The second-order valence-electron chi connectivity index (χ2n) is 13.0. The molecular formula is C32H44N2O4. The average Bonchev–Trinajstić information content (AvgIpc) is 2.86. The van der Waals surface area contributed by atoms with Crippen molar-refractivity contribution in [1.82, 2.24) is 0 Å². The van der Waals surface area contributed by atoms with E-state index in [4.69, 9.17) is 19.5 Å². The summed E-state index contributed by atoms with van der Waals surface area (Å²) in [6.07, 6.45) is 7.93. The van der Waals surface area contributed by atoms with Crippen molar-refractivity contribution < 1.29 is 19.7 Å². The number of hydrogen-bond acceptors (Lipinski definition) is 6. The van der Waals surface area contributed by atoms with E-state index < -0.39 is 0 Å². The lowest BCUT2D eigenvalue weighted by Gasteiger charge is -2.44. The fourth-order valence-corrected chi connectivity index (χ4v) is 5.92. The number of aliphatic imine (C=N–C) groups is 2. The van der Waals surface area contributed by atoms with Gasteiger partial charge in [0, 0.05) is 34.7 Å². The summed E-state index contributed by atoms with van der Waals surface area (Å²) in [7, 11) is 3.30. The van der Waals surface area contributed by atoms with Gasteiger partial charge in [0.2, 0.25) is 0 Å². The Labute approximate surface area is 227 Å². The van der Waals surface area contributed by atoms with Crippen molar-refractivity contribution in [2.45, 2.75) is 90.1 Å². The zero-order chi connectivity index (χ0) is 27.8. The van der Waals surface area contributed by atoms with Crippen LogP contribution >= 0.6 is 0 Å². The van der Waals surface area contributed by atoms with Crippen molar-refractivity contribution in [3.63, 3.8) is 0 Å². The fraction of sp³-hybridized carbons (Fsp3) is 0.562. The quantitative estimate of drug-likeness (QED) is 0.410. The van der Waals surface area contributed by atoms with Crippen LogP contribution in [0.25, 0.3) is 0 Å². The third-order valence-electron chi connectivity index (χ3n) is 8.21. The van der Waals surface area contributed by atoms with Crippen LogP contribution < -0.4 is 9.47 Å². The van der Waals surface area contributed by atoms with Gasteiger partial charge in [-0.2, -0.15) is 0 Å². The van der Waals surface area contributed by atoms with Gasteiger partial charge in [0.05, 0.1) is 26.3 Å². The Morgan fingerprint density at radius 1 is 0.684 bits per heavy atom. The van der Waals surface area contributed by atoms with Gasteiger partial charge in [-0.25, -0.2) is 0 Å². The minimum Gasteiger partial charge on any atom is -0.507 e. The summed E-state index contributed by atoms with van der Waals surface area (Å²) in [5.74, 6) is 2.92. The van der Waals surface area contributed by atoms with Crippen molar-refractivity contribution in [1.29, 1.82) is 0 Å². The number of phenolic OH excluding ortho intramolecular Hbond substituents is 2. The molecule has 4 atom stereocenters. The molecule has 3 fully saturated rings. The van der Waals surface area contributed by atoms with Crippen LogP contribution in [0.4, 0.5) is 0 Å². The normalized spacial score (nSPS) is 23.9. The Balaban J connectivity index is 1.52. The molecule has 0 heterocycles. The van der Waals surface area contributed by atoms with Crippen LogP contribution in [0.5, 0.6) is 23.0 Å². The lowest BCUT2D eigenvalue weighted by Crippen LogP contribution is -2.42. The predicted octanol–water partition coefficient (Wildman–Crippen LogP) is 6.81. The van der Waals surface area contributed by atoms with Crippen LogP contribution in [-0.4, -0.2) is 48.9 Å². The van der Waals surface area contributed by atoms with E-state index in [0.717, 1.165) is 48.3 Å². The molecule has 2 aromatic carbocycles. The van der Waals surface area contributed by atoms with Gasteiger partial charge in [0.25, 0.3) is 0 Å². The van der Waals surface area contributed by atoms with Crippen molar-refractivity contribution >= 4 is 12.4 Å². The lowest BCUT2D eigenvalue weighted by atomic mass is 9.65. The maximum atomic E-state index is 11.0. The summed E-state index contributed by atoms with van der Waals surface area (Å²) in [5.41, 5.74) is 2.70. The van der Waals surface area contributed by atoms with E-state index in [1.807, 2.05) is 36.7 Å². The minimum absolute atomic E-state index is 0.207. The molecule has 38 heavy (non-hydrogen) atoms. The highest BCUT2D eigenvalue weighted by Crippen LogP contribution is 2.45. The highest BCUT2D eigenvalue weighted by Gasteiger charge is 2.41. The molecule has 2 aromatic rings. The Hall–Kier alpha value is -3.02. The molecule has 0 radical (unpaired) electrons. The van der Waals surface area contributed by atoms with Crippen LogP contribution in [0.2, 0.25) is 0 Å². The molecule has 0 aliphatic heterocycles. The summed E-state index contributed by atoms with van der Waals surface area (Å²) < 4.78 is 11.0. The summed E-state index contributed by atoms with van der Waals surface area (Å²) in [6.45, 7) is 12.5. The van der Waals surface area contributed by atoms with Gasteiger partial charge in [0.15, 0.2) is 0 Å². The third-order valence-corrected chi connectivity index (χ3v) is 8.21. The Bertz CT molecular complexity index is 1120. The first kappa shape index (κ1) is 28.0. The molecule has 0 unspecified atom stereocenters. The van der Waals surface area contributed by atoms with Crippen LogP contribution in [0.1, 0.15) is 89.5 Å². The monoisotopic (exact) mass is 520 g/mol. The van der Waals surface area contributed by atoms with Crippen LogP contribution in [0, 0.1) is 11.8 Å². The zero-order valence-corrected chi connectivity index (χ0v) is 24.2. The van der Waals surface area contributed by atoms with Gasteiger partial charge >= 0.3 is 0 Å². The van der Waals surface area contributed by atoms with Crippen molar-refractivity contribution in [3.8, 4) is 23.0 Å². The molecule has 3 aliphatic carbocycles. The first-order chi connectivity index (χ1) is 17.8. The Kier molecular flexibility index (Phi) is 7.83. The van der Waals surface area contributed by atoms with E-state index in [9.17, 15) is 10.2 Å². The molecule has 206 valence electrons. The number of nitrogens with zero attached hydrogens (tertiary/aromatic N) is 2. The maximum absolute atomic E-state index is 11.0. The van der Waals surface area contributed by atoms with E-state index >= 15 is 0 Å². The smallest absolute Gasteiger partial charge is 0.128 e. The van der Waals surface area contributed by atoms with Gasteiger partial charge in [0.1, 0.15) is 23.0 Å². The molecule has 2 bridgehead atoms. The second kappa shape index (κ2) is 10.6. The third kappa shape index (κ3) is 5.84. The SMILES string of the molecule is COc1cc(C=N[C@@H]2C[C@H]3CC[C@@H]2C[C@H]3N=Cc2cc(OC)cc(C(C)(C)C)c2O)c(O)c(C(C)(C)C)c1. The number of fused-ring (bicyclic) bond motifs is 3. The molecule has 2 N–H and O–H groups in total. The lowest BCUT2D eigenvalue weighted by molar-refractivity contribution is 0.125. The van der Waals surface area contributed by atoms with E-state index in [-0.39, 0.29) is 34.4 Å². The van der Waals surface area contributed by atoms with Gasteiger partial charge < -0.3 is 19.7 Å². The van der Waals surface area contributed by atoms with Gasteiger partial charge in [-0.15, -0.1) is 0 Å². The molecule has 0 spiro atoms. The van der Waals surface area contributed by atoms with Crippen molar-refractivity contribution in [2.75, 3.05) is 14.2 Å². The molecule has 3 saturated carbocycles. The molecule has 6 heteroatoms. The summed E-state index contributed by atoms with van der Waals surface area (Å²) in [5, 5.41) is 21.9. The first-order valence-corrected chi connectivity index (χ1v) is 13.7. The summed E-state index contributed by atoms with van der Waals surface area (Å²) >= 11 is 0. The Morgan fingerprint density at radius 2 is 1.05 bits per heavy atom. The molecule has 6 nitrogen and oxygen atoms in total. The number of methoxy groups -OCH3 is 2. The molecule has 3 aliphatic rings. The first-order valence-electron chi connectivity index (χ1n) is 13.7. The number of ether oxygens (including phenoxy) is 2. The predicted molar refractivity (Wildman–Crippen MR) is 155 cm³/mol. The highest BCUT2D eigenvalue weighted by atomic mass is 16.5. The fourth-order valence-electron chi connectivity index (χ4n) is 5.92. The van der Waals surface area contributed by atoms with Gasteiger partial charge in [-0.05, 0) is 72.6 Å². The topological polar surface area (TPSA) is 83.6 Å². The molecule has 0 aromatic heterocycles. The van der Waals surface area contributed by atoms with E-state index in [0.29, 0.717) is 23.0 Å². The van der Waals surface area contributed by atoms with Gasteiger partial charge in [-0.3, -0.25) is 9.98 Å². The number of rotatable bonds is 6. The van der Waals surface area contributed by atoms with Crippen molar-refractivity contribution in [2.24, 2.45) is 21.8 Å². The van der Waals surface area contributed by atoms with E-state index in [1.54, 1.807) is 14.2 Å². The zero-order valence-electron chi connectivity index (χ0n) is 24.2. The largest absolute Gasteiger partial charge is 0.507 e.